The van der Waals surface area contributed by atoms with Crippen molar-refractivity contribution in [3.8, 4) is 0 Å². The monoisotopic (exact) mass is 169 g/mol. The fourth-order valence-corrected chi connectivity index (χ4v) is 0.916. The number of allylic oxidation sites excluding steroid dienone is 1. The summed E-state index contributed by atoms with van der Waals surface area (Å²) in [6.45, 7) is 3.96. The van der Waals surface area contributed by atoms with Crippen molar-refractivity contribution in [3.63, 3.8) is 0 Å². The second-order valence-corrected chi connectivity index (χ2v) is 2.61. The molecule has 0 aliphatic heterocycles. The molecule has 0 aromatic heterocycles. The summed E-state index contributed by atoms with van der Waals surface area (Å²) in [4.78, 5) is 6.28. The predicted molar refractivity (Wildman–Crippen MR) is 54.7 cm³/mol. The number of nitrogens with one attached hydrogen (secondary N) is 1. The Morgan fingerprint density at radius 3 is 2.67 bits per heavy atom. The first-order valence-corrected chi connectivity index (χ1v) is 4.21. The molecule has 0 saturated heterocycles. The Balaban J connectivity index is 3.95. The van der Waals surface area contributed by atoms with E-state index in [9.17, 15) is 0 Å². The molecule has 1 N–H and O–H groups in total. The summed E-state index contributed by atoms with van der Waals surface area (Å²) in [6.07, 6.45) is 4.01. The highest BCUT2D eigenvalue weighted by molar-refractivity contribution is 5.92. The summed E-state index contributed by atoms with van der Waals surface area (Å²) in [6, 6.07) is 0. The first kappa shape index (κ1) is 11.2. The summed E-state index contributed by atoms with van der Waals surface area (Å²) < 4.78 is 0. The van der Waals surface area contributed by atoms with E-state index >= 15 is 0 Å². The van der Waals surface area contributed by atoms with Gasteiger partial charge in [0.05, 0.1) is 0 Å². The van der Waals surface area contributed by atoms with E-state index < -0.39 is 0 Å². The highest BCUT2D eigenvalue weighted by Crippen LogP contribution is 1.88. The number of nitrogens with zero attached hydrogens (tertiary/aromatic N) is 2. The van der Waals surface area contributed by atoms with Crippen LogP contribution in [0.5, 0.6) is 0 Å². The molecule has 0 aliphatic carbocycles. The summed E-state index contributed by atoms with van der Waals surface area (Å²) in [5, 5.41) is 3.10. The molecular weight excluding hydrogens is 150 g/mol. The maximum absolute atomic E-state index is 4.16. The van der Waals surface area contributed by atoms with Crippen molar-refractivity contribution in [2.24, 2.45) is 4.99 Å². The lowest BCUT2D eigenvalue weighted by Gasteiger charge is -2.18. The van der Waals surface area contributed by atoms with Crippen LogP contribution in [0.25, 0.3) is 0 Å². The van der Waals surface area contributed by atoms with Crippen LogP contribution in [0.1, 0.15) is 6.92 Å². The minimum atomic E-state index is 0.979. The van der Waals surface area contributed by atoms with E-state index in [1.54, 1.807) is 0 Å². The quantitative estimate of drug-likeness (QED) is 0.496. The topological polar surface area (TPSA) is 27.6 Å². The van der Waals surface area contributed by atoms with Crippen LogP contribution < -0.4 is 5.32 Å². The van der Waals surface area contributed by atoms with Gasteiger partial charge < -0.3 is 10.2 Å². The van der Waals surface area contributed by atoms with Gasteiger partial charge >= 0.3 is 0 Å². The van der Waals surface area contributed by atoms with Gasteiger partial charge in [-0.05, 0) is 20.0 Å². The number of amidine groups is 1. The molecule has 0 fully saturated rings. The third kappa shape index (κ3) is 4.13. The van der Waals surface area contributed by atoms with Gasteiger partial charge in [-0.3, -0.25) is 4.99 Å². The van der Waals surface area contributed by atoms with Crippen LogP contribution in [-0.4, -0.2) is 45.0 Å². The average Bonchev–Trinajstić information content (AvgIpc) is 2.10. The van der Waals surface area contributed by atoms with Crippen molar-refractivity contribution in [2.45, 2.75) is 6.92 Å². The van der Waals surface area contributed by atoms with Crippen LogP contribution in [0, 0.1) is 0 Å². The zero-order valence-electron chi connectivity index (χ0n) is 8.46. The first-order chi connectivity index (χ1) is 5.76. The van der Waals surface area contributed by atoms with Crippen LogP contribution in [-0.2, 0) is 0 Å². The Kier molecular flexibility index (Phi) is 6.38. The van der Waals surface area contributed by atoms with Crippen molar-refractivity contribution in [1.82, 2.24) is 10.2 Å². The molecule has 0 heterocycles. The lowest BCUT2D eigenvalue weighted by atomic mass is 10.4. The van der Waals surface area contributed by atoms with Crippen LogP contribution in [0.3, 0.4) is 0 Å². The van der Waals surface area contributed by atoms with Crippen molar-refractivity contribution in [3.05, 3.63) is 12.2 Å². The van der Waals surface area contributed by atoms with Gasteiger partial charge in [0.1, 0.15) is 5.84 Å². The second kappa shape index (κ2) is 6.85. The van der Waals surface area contributed by atoms with E-state index in [2.05, 4.69) is 15.2 Å². The van der Waals surface area contributed by atoms with Gasteiger partial charge in [0.25, 0.3) is 0 Å². The summed E-state index contributed by atoms with van der Waals surface area (Å²) >= 11 is 0. The number of likely N-dealkylation sites (N-methyl/N-ethyl adjacent to an activating group) is 2. The SMILES string of the molecule is C/C=C\C(=N/C)N(C)CCNC. The van der Waals surface area contributed by atoms with Crippen molar-refractivity contribution < 1.29 is 0 Å². The molecular formula is C9H19N3. The van der Waals surface area contributed by atoms with E-state index in [1.165, 1.54) is 0 Å². The van der Waals surface area contributed by atoms with Crippen LogP contribution >= 0.6 is 0 Å². The number of hydrogen-bond acceptors (Lipinski definition) is 2. The molecule has 0 aliphatic rings. The van der Waals surface area contributed by atoms with Crippen LogP contribution in [0.15, 0.2) is 17.1 Å². The van der Waals surface area contributed by atoms with E-state index in [0.717, 1.165) is 18.9 Å². The summed E-state index contributed by atoms with van der Waals surface area (Å²) in [5.41, 5.74) is 0. The fraction of sp³-hybridized carbons (Fsp3) is 0.667. The number of rotatable bonds is 4. The Morgan fingerprint density at radius 1 is 1.58 bits per heavy atom. The van der Waals surface area contributed by atoms with E-state index in [-0.39, 0.29) is 0 Å². The highest BCUT2D eigenvalue weighted by atomic mass is 15.2. The first-order valence-electron chi connectivity index (χ1n) is 4.21. The van der Waals surface area contributed by atoms with E-state index in [4.69, 9.17) is 0 Å². The Morgan fingerprint density at radius 2 is 2.25 bits per heavy atom. The average molecular weight is 169 g/mol. The van der Waals surface area contributed by atoms with Gasteiger partial charge in [0, 0.05) is 27.2 Å². The predicted octanol–water partition coefficient (Wildman–Crippen LogP) is 0.742. The second-order valence-electron chi connectivity index (χ2n) is 2.61. The maximum Gasteiger partial charge on any atom is 0.122 e. The molecule has 0 atom stereocenters. The largest absolute Gasteiger partial charge is 0.359 e. The minimum absolute atomic E-state index is 0.979. The van der Waals surface area contributed by atoms with Gasteiger partial charge in [0.2, 0.25) is 0 Å². The molecule has 3 heteroatoms. The third-order valence-electron chi connectivity index (χ3n) is 1.63. The van der Waals surface area contributed by atoms with Gasteiger partial charge in [-0.1, -0.05) is 6.08 Å². The Bertz CT molecular complexity index is 161. The molecule has 0 saturated carbocycles. The van der Waals surface area contributed by atoms with Crippen LogP contribution in [0.2, 0.25) is 0 Å². The van der Waals surface area contributed by atoms with Crippen LogP contribution in [0.4, 0.5) is 0 Å². The zero-order chi connectivity index (χ0) is 9.40. The molecule has 0 spiro atoms. The van der Waals surface area contributed by atoms with Gasteiger partial charge in [-0.15, -0.1) is 0 Å². The Hall–Kier alpha value is -0.830. The van der Waals surface area contributed by atoms with E-state index in [1.807, 2.05) is 40.2 Å². The molecule has 0 aromatic carbocycles. The molecule has 0 unspecified atom stereocenters. The standard InChI is InChI=1S/C9H19N3/c1-5-6-9(11-3)12(4)8-7-10-2/h5-6,10H,7-8H2,1-4H3/b6-5-,11-9+. The smallest absolute Gasteiger partial charge is 0.122 e. The lowest BCUT2D eigenvalue weighted by Crippen LogP contribution is -2.31. The van der Waals surface area contributed by atoms with Gasteiger partial charge in [0.15, 0.2) is 0 Å². The van der Waals surface area contributed by atoms with Gasteiger partial charge in [-0.2, -0.15) is 0 Å². The van der Waals surface area contributed by atoms with Gasteiger partial charge in [-0.25, -0.2) is 0 Å². The number of hydrogen-bond donors (Lipinski definition) is 1. The molecule has 0 rings (SSSR count). The maximum atomic E-state index is 4.16. The van der Waals surface area contributed by atoms with Crippen molar-refractivity contribution in [1.29, 1.82) is 0 Å². The molecule has 0 bridgehead atoms. The zero-order valence-corrected chi connectivity index (χ0v) is 8.46. The van der Waals surface area contributed by atoms with Crippen molar-refractivity contribution >= 4 is 5.84 Å². The summed E-state index contributed by atoms with van der Waals surface area (Å²) in [5.74, 6) is 1.02. The summed E-state index contributed by atoms with van der Waals surface area (Å²) in [7, 11) is 5.80. The van der Waals surface area contributed by atoms with Crippen molar-refractivity contribution in [2.75, 3.05) is 34.2 Å². The normalized spacial score (nSPS) is 12.5. The molecule has 0 aromatic rings. The Labute approximate surface area is 75.2 Å². The number of aliphatic imine (C=N–C) groups is 1. The highest BCUT2D eigenvalue weighted by Gasteiger charge is 1.99. The molecule has 0 radical (unpaired) electrons. The molecule has 12 heavy (non-hydrogen) atoms. The fourth-order valence-electron chi connectivity index (χ4n) is 0.916. The molecule has 70 valence electrons. The lowest BCUT2D eigenvalue weighted by molar-refractivity contribution is 0.497. The molecule has 3 nitrogen and oxygen atoms in total. The molecule has 0 amide bonds. The minimum Gasteiger partial charge on any atom is -0.359 e. The van der Waals surface area contributed by atoms with E-state index in [0.29, 0.717) is 0 Å². The third-order valence-corrected chi connectivity index (χ3v) is 1.63.